The summed E-state index contributed by atoms with van der Waals surface area (Å²) in [5, 5.41) is 0. The lowest BCUT2D eigenvalue weighted by molar-refractivity contribution is -0.167. The molecular weight excluding hydrogens is 961 g/mol. The zero-order valence-electron chi connectivity index (χ0n) is 50.6. The minimum atomic E-state index is -0.806. The zero-order valence-corrected chi connectivity index (χ0v) is 50.6. The van der Waals surface area contributed by atoms with Crippen molar-refractivity contribution in [1.29, 1.82) is 0 Å². The third kappa shape index (κ3) is 62.4. The van der Waals surface area contributed by atoms with Crippen LogP contribution in [0.3, 0.4) is 0 Å². The maximum atomic E-state index is 12.9. The Morgan fingerprint density at radius 2 is 0.500 bits per heavy atom. The Labute approximate surface area is 481 Å². The van der Waals surface area contributed by atoms with Crippen molar-refractivity contribution < 1.29 is 28.6 Å². The predicted octanol–water partition coefficient (Wildman–Crippen LogP) is 22.2. The highest BCUT2D eigenvalue weighted by molar-refractivity contribution is 5.71. The Kier molecular flexibility index (Phi) is 61.4. The highest BCUT2D eigenvalue weighted by Crippen LogP contribution is 2.14. The van der Waals surface area contributed by atoms with Crippen LogP contribution in [0.4, 0.5) is 0 Å². The number of allylic oxidation sites excluding steroid dienone is 22. The topological polar surface area (TPSA) is 78.9 Å². The first-order valence-electron chi connectivity index (χ1n) is 32.2. The Bertz CT molecular complexity index is 1670. The van der Waals surface area contributed by atoms with Crippen LogP contribution in [0.5, 0.6) is 0 Å². The quantitative estimate of drug-likeness (QED) is 0.0261. The molecule has 0 heterocycles. The largest absolute Gasteiger partial charge is 0.462 e. The third-order valence-electron chi connectivity index (χ3n) is 13.4. The summed E-state index contributed by atoms with van der Waals surface area (Å²) >= 11 is 0. The van der Waals surface area contributed by atoms with E-state index >= 15 is 0 Å². The number of carbonyl (C=O) groups excluding carboxylic acids is 3. The van der Waals surface area contributed by atoms with Gasteiger partial charge in [-0.2, -0.15) is 0 Å². The van der Waals surface area contributed by atoms with Crippen LogP contribution in [0.15, 0.2) is 134 Å². The Balaban J connectivity index is 4.43. The fourth-order valence-electron chi connectivity index (χ4n) is 8.54. The first kappa shape index (κ1) is 73.5. The third-order valence-corrected chi connectivity index (χ3v) is 13.4. The van der Waals surface area contributed by atoms with Crippen LogP contribution < -0.4 is 0 Å². The first-order valence-corrected chi connectivity index (χ1v) is 32.2. The molecule has 0 aliphatic carbocycles. The summed E-state index contributed by atoms with van der Waals surface area (Å²) in [5.74, 6) is -0.949. The maximum absolute atomic E-state index is 12.9. The minimum absolute atomic E-state index is 0.0998. The number of ether oxygens (including phenoxy) is 3. The molecular formula is C72H118O6. The second kappa shape index (κ2) is 65.1. The molecule has 0 N–H and O–H groups in total. The monoisotopic (exact) mass is 1080 g/mol. The van der Waals surface area contributed by atoms with Crippen LogP contribution in [0, 0.1) is 0 Å². The van der Waals surface area contributed by atoms with Gasteiger partial charge in [-0.05, 0) is 141 Å². The van der Waals surface area contributed by atoms with E-state index in [9.17, 15) is 14.4 Å². The van der Waals surface area contributed by atoms with E-state index in [1.165, 1.54) is 103 Å². The lowest BCUT2D eigenvalue weighted by Gasteiger charge is -2.18. The summed E-state index contributed by atoms with van der Waals surface area (Å²) < 4.78 is 16.9. The molecule has 78 heavy (non-hydrogen) atoms. The van der Waals surface area contributed by atoms with Crippen molar-refractivity contribution in [2.45, 2.75) is 290 Å². The van der Waals surface area contributed by atoms with Gasteiger partial charge in [0, 0.05) is 19.3 Å². The lowest BCUT2D eigenvalue weighted by Crippen LogP contribution is -2.30. The van der Waals surface area contributed by atoms with Crippen molar-refractivity contribution in [2.24, 2.45) is 0 Å². The maximum Gasteiger partial charge on any atom is 0.306 e. The van der Waals surface area contributed by atoms with Crippen molar-refractivity contribution in [3.05, 3.63) is 134 Å². The molecule has 0 spiro atoms. The fourth-order valence-corrected chi connectivity index (χ4v) is 8.54. The summed E-state index contributed by atoms with van der Waals surface area (Å²) in [4.78, 5) is 38.3. The van der Waals surface area contributed by atoms with Gasteiger partial charge in [0.1, 0.15) is 13.2 Å². The van der Waals surface area contributed by atoms with Crippen LogP contribution in [0.2, 0.25) is 0 Å². The summed E-state index contributed by atoms with van der Waals surface area (Å²) in [6.07, 6.45) is 91.7. The number of esters is 3. The van der Waals surface area contributed by atoms with E-state index in [4.69, 9.17) is 14.2 Å². The Morgan fingerprint density at radius 3 is 0.833 bits per heavy atom. The molecule has 0 aromatic carbocycles. The number of hydrogen-bond donors (Lipinski definition) is 0. The van der Waals surface area contributed by atoms with E-state index in [1.54, 1.807) is 0 Å². The molecule has 0 fully saturated rings. The molecule has 1 unspecified atom stereocenters. The second-order valence-corrected chi connectivity index (χ2v) is 20.9. The molecule has 6 heteroatoms. The van der Waals surface area contributed by atoms with Crippen molar-refractivity contribution in [3.8, 4) is 0 Å². The molecule has 442 valence electrons. The smallest absolute Gasteiger partial charge is 0.306 e. The van der Waals surface area contributed by atoms with Gasteiger partial charge in [0.2, 0.25) is 0 Å². The molecule has 0 aliphatic rings. The predicted molar refractivity (Wildman–Crippen MR) is 339 cm³/mol. The highest BCUT2D eigenvalue weighted by Gasteiger charge is 2.19. The SMILES string of the molecule is CC/C=C\C/C=C\C/C=C\C/C=C\C/C=C\C/C=C\C/C=C\CCCCCC(=O)OCC(COC(=O)CCCCCCC/C=C\CCCCC)OC(=O)CCCCCCCCCC/C=C\C/C=C\C/C=C\CCCCCCC. The van der Waals surface area contributed by atoms with E-state index in [0.29, 0.717) is 19.3 Å². The number of hydrogen-bond acceptors (Lipinski definition) is 6. The van der Waals surface area contributed by atoms with Gasteiger partial charge in [0.05, 0.1) is 0 Å². The molecule has 0 aromatic rings. The van der Waals surface area contributed by atoms with Gasteiger partial charge in [-0.3, -0.25) is 14.4 Å². The van der Waals surface area contributed by atoms with Crippen molar-refractivity contribution in [2.75, 3.05) is 13.2 Å². The van der Waals surface area contributed by atoms with E-state index in [0.717, 1.165) is 141 Å². The summed E-state index contributed by atoms with van der Waals surface area (Å²) in [5.41, 5.74) is 0. The highest BCUT2D eigenvalue weighted by atomic mass is 16.6. The van der Waals surface area contributed by atoms with Gasteiger partial charge in [0.15, 0.2) is 6.10 Å². The average Bonchev–Trinajstić information content (AvgIpc) is 3.44. The number of unbranched alkanes of at least 4 members (excludes halogenated alkanes) is 24. The van der Waals surface area contributed by atoms with Crippen LogP contribution in [0.25, 0.3) is 0 Å². The lowest BCUT2D eigenvalue weighted by atomic mass is 10.1. The van der Waals surface area contributed by atoms with Crippen molar-refractivity contribution in [1.82, 2.24) is 0 Å². The van der Waals surface area contributed by atoms with Crippen LogP contribution in [-0.2, 0) is 28.6 Å². The summed E-state index contributed by atoms with van der Waals surface area (Å²) in [7, 11) is 0. The second-order valence-electron chi connectivity index (χ2n) is 20.9. The number of rotatable bonds is 57. The molecule has 1 atom stereocenters. The van der Waals surface area contributed by atoms with E-state index in [-0.39, 0.29) is 31.1 Å². The molecule has 0 amide bonds. The molecule has 0 rings (SSSR count). The van der Waals surface area contributed by atoms with Gasteiger partial charge < -0.3 is 14.2 Å². The molecule has 0 radical (unpaired) electrons. The van der Waals surface area contributed by atoms with E-state index in [1.807, 2.05) is 0 Å². The number of carbonyl (C=O) groups is 3. The normalized spacial score (nSPS) is 13.0. The summed E-state index contributed by atoms with van der Waals surface area (Å²) in [6.45, 7) is 6.45. The minimum Gasteiger partial charge on any atom is -0.462 e. The van der Waals surface area contributed by atoms with Crippen molar-refractivity contribution >= 4 is 17.9 Å². The molecule has 0 bridgehead atoms. The van der Waals surface area contributed by atoms with Crippen LogP contribution >= 0.6 is 0 Å². The molecule has 0 aliphatic heterocycles. The van der Waals surface area contributed by atoms with Gasteiger partial charge >= 0.3 is 17.9 Å². The van der Waals surface area contributed by atoms with Crippen LogP contribution in [0.1, 0.15) is 284 Å². The Morgan fingerprint density at radius 1 is 0.269 bits per heavy atom. The van der Waals surface area contributed by atoms with Gasteiger partial charge in [0.25, 0.3) is 0 Å². The van der Waals surface area contributed by atoms with Gasteiger partial charge in [-0.1, -0.05) is 257 Å². The van der Waals surface area contributed by atoms with Gasteiger partial charge in [-0.15, -0.1) is 0 Å². The standard InChI is InChI=1S/C72H118O6/c1-4-7-10-13-16-19-22-25-27-29-31-33-35-36-38-39-41-43-45-47-50-53-56-59-62-65-71(74)77-68-69(67-76-70(73)64-61-58-55-52-49-24-21-18-15-12-9-6-3)78-72(75)66-63-60-57-54-51-48-46-44-42-40-37-34-32-30-28-26-23-20-17-14-11-8-5-2/h7,10,16,18-19,21,23,25-27,30-33,36-38,40-41,43,47,50,69H,4-6,8-9,11-15,17,20,22,24,28-29,34-35,39,42,44-46,48-49,51-68H2,1-3H3/b10-7-,19-16-,21-18-,26-23-,27-25-,32-30-,33-31-,38-36-,40-37-,43-41-,50-47-. The van der Waals surface area contributed by atoms with Crippen molar-refractivity contribution in [3.63, 3.8) is 0 Å². The van der Waals surface area contributed by atoms with Crippen LogP contribution in [-0.4, -0.2) is 37.2 Å². The first-order chi connectivity index (χ1) is 38.5. The Hall–Kier alpha value is -4.45. The molecule has 0 aromatic heterocycles. The molecule has 0 saturated heterocycles. The van der Waals surface area contributed by atoms with E-state index < -0.39 is 6.10 Å². The summed E-state index contributed by atoms with van der Waals surface area (Å²) in [6, 6.07) is 0. The zero-order chi connectivity index (χ0) is 56.4. The average molecular weight is 1080 g/mol. The molecule has 0 saturated carbocycles. The van der Waals surface area contributed by atoms with Gasteiger partial charge in [-0.25, -0.2) is 0 Å². The molecule has 6 nitrogen and oxygen atoms in total. The fraction of sp³-hybridized carbons (Fsp3) is 0.653. The van der Waals surface area contributed by atoms with E-state index in [2.05, 4.69) is 154 Å².